The molecule has 1 saturated heterocycles. The van der Waals surface area contributed by atoms with Crippen LogP contribution in [0.2, 0.25) is 5.02 Å². The van der Waals surface area contributed by atoms with E-state index in [1.807, 2.05) is 19.1 Å². The summed E-state index contributed by atoms with van der Waals surface area (Å²) in [4.78, 5) is 57.9. The van der Waals surface area contributed by atoms with Crippen LogP contribution in [0.4, 0.5) is 24.5 Å². The molecule has 4 aliphatic rings. The highest BCUT2D eigenvalue weighted by molar-refractivity contribution is 8.00. The van der Waals surface area contributed by atoms with E-state index in [0.29, 0.717) is 33.5 Å². The molecule has 1 aromatic heterocycles. The second kappa shape index (κ2) is 11.8. The van der Waals surface area contributed by atoms with E-state index in [9.17, 15) is 32.3 Å². The van der Waals surface area contributed by atoms with Crippen LogP contribution in [0.1, 0.15) is 33.9 Å². The van der Waals surface area contributed by atoms with Gasteiger partial charge in [-0.1, -0.05) is 46.7 Å². The van der Waals surface area contributed by atoms with Crippen molar-refractivity contribution in [1.29, 1.82) is 0 Å². The van der Waals surface area contributed by atoms with Crippen LogP contribution in [0.3, 0.4) is 0 Å². The van der Waals surface area contributed by atoms with E-state index in [-0.39, 0.29) is 46.1 Å². The molecule has 4 unspecified atom stereocenters. The second-order valence-electron chi connectivity index (χ2n) is 12.9. The number of ether oxygens (including phenoxy) is 1. The zero-order valence-electron chi connectivity index (χ0n) is 25.6. The van der Waals surface area contributed by atoms with Gasteiger partial charge in [0, 0.05) is 32.3 Å². The fourth-order valence-electron chi connectivity index (χ4n) is 8.31. The van der Waals surface area contributed by atoms with Crippen molar-refractivity contribution in [2.75, 3.05) is 16.8 Å². The van der Waals surface area contributed by atoms with Crippen molar-refractivity contribution in [3.05, 3.63) is 103 Å². The number of fused-ring (bicyclic) bond motifs is 9. The summed E-state index contributed by atoms with van der Waals surface area (Å²) in [5.74, 6) is -3.62. The minimum atomic E-state index is -4.64. The van der Waals surface area contributed by atoms with Gasteiger partial charge in [0.15, 0.2) is 6.61 Å². The van der Waals surface area contributed by atoms with Gasteiger partial charge in [0.05, 0.1) is 28.1 Å². The average Bonchev–Trinajstić information content (AvgIpc) is 3.80. The number of aryl methyl sites for hydroxylation is 1. The summed E-state index contributed by atoms with van der Waals surface area (Å²) in [5, 5.41) is 3.72. The number of halogens is 4. The molecule has 8 rings (SSSR count). The Hall–Kier alpha value is -4.07. The lowest BCUT2D eigenvalue weighted by atomic mass is 9.68. The number of hydrogen-bond acceptors (Lipinski definition) is 7. The van der Waals surface area contributed by atoms with Crippen LogP contribution in [0.25, 0.3) is 0 Å². The number of aromatic nitrogens is 1. The number of nitrogens with zero attached hydrogens (tertiary/aromatic N) is 1. The topological polar surface area (TPSA) is 109 Å². The molecular formula is C35H27ClF3N3O5S2. The third-order valence-electron chi connectivity index (χ3n) is 10.2. The number of thiazole rings is 1. The van der Waals surface area contributed by atoms with E-state index in [1.165, 1.54) is 23.9 Å². The number of anilines is 2. The highest BCUT2D eigenvalue weighted by Crippen LogP contribution is 2.69. The van der Waals surface area contributed by atoms with E-state index in [0.717, 1.165) is 38.8 Å². The van der Waals surface area contributed by atoms with Gasteiger partial charge in [-0.25, -0.2) is 0 Å². The van der Waals surface area contributed by atoms with Gasteiger partial charge in [0.1, 0.15) is 5.75 Å². The molecule has 49 heavy (non-hydrogen) atoms. The summed E-state index contributed by atoms with van der Waals surface area (Å²) in [7, 11) is 0. The van der Waals surface area contributed by atoms with Crippen molar-refractivity contribution < 1.29 is 32.3 Å². The number of carbonyl (C=O) groups is 3. The van der Waals surface area contributed by atoms with Crippen LogP contribution in [-0.2, 0) is 20.6 Å². The first kappa shape index (κ1) is 32.2. The van der Waals surface area contributed by atoms with Crippen molar-refractivity contribution in [2.24, 2.45) is 29.6 Å². The average molecular weight is 726 g/mol. The van der Waals surface area contributed by atoms with Crippen LogP contribution < -0.4 is 19.8 Å². The number of benzene rings is 3. The van der Waals surface area contributed by atoms with Gasteiger partial charge >= 0.3 is 11.0 Å². The lowest BCUT2D eigenvalue weighted by Gasteiger charge is -2.43. The first-order valence-corrected chi connectivity index (χ1v) is 17.7. The van der Waals surface area contributed by atoms with E-state index in [4.69, 9.17) is 16.3 Å². The van der Waals surface area contributed by atoms with Gasteiger partial charge in [-0.3, -0.25) is 24.1 Å². The number of rotatable bonds is 6. The molecule has 252 valence electrons. The molecule has 2 bridgehead atoms. The zero-order valence-corrected chi connectivity index (χ0v) is 28.0. The van der Waals surface area contributed by atoms with Crippen LogP contribution in [0.5, 0.6) is 5.75 Å². The van der Waals surface area contributed by atoms with Gasteiger partial charge in [0.25, 0.3) is 5.91 Å². The molecule has 2 aliphatic carbocycles. The van der Waals surface area contributed by atoms with Crippen LogP contribution in [0, 0.1) is 36.5 Å². The number of nitrogens with one attached hydrogen (secondary N) is 2. The molecule has 4 aromatic rings. The van der Waals surface area contributed by atoms with E-state index in [2.05, 4.69) is 10.3 Å². The monoisotopic (exact) mass is 725 g/mol. The first-order chi connectivity index (χ1) is 23.4. The van der Waals surface area contributed by atoms with E-state index in [1.54, 1.807) is 30.3 Å². The predicted molar refractivity (Wildman–Crippen MR) is 179 cm³/mol. The molecule has 2 aliphatic heterocycles. The third kappa shape index (κ3) is 5.37. The fourth-order valence-corrected chi connectivity index (χ4v) is 11.4. The van der Waals surface area contributed by atoms with Gasteiger partial charge in [-0.2, -0.15) is 13.2 Å². The maximum atomic E-state index is 14.1. The molecule has 3 amide bonds. The maximum Gasteiger partial charge on any atom is 0.416 e. The standard InChI is InChI=1S/C35H27ClF3N3O5S2/c1-15-5-8-18(9-6-15)40-24(43)14-47-23-10-7-17(36)12-20(23)25-26-21-13-22(29(26)48-31-30(25)49-34(46)41-31)28-27(21)32(44)42(33(28)45)19-4-2-3-16(11-19)35(37,38)39/h2-12,21-22,25-29H,13-14H2,1H3,(H,40,43)(H,41,46)/t21-,22-,25-,26?,27?,28?,29?/m1/s1. The molecule has 3 fully saturated rings. The quantitative estimate of drug-likeness (QED) is 0.205. The summed E-state index contributed by atoms with van der Waals surface area (Å²) in [6.07, 6.45) is -4.06. The molecule has 14 heteroatoms. The number of amides is 3. The van der Waals surface area contributed by atoms with Crippen molar-refractivity contribution in [3.63, 3.8) is 0 Å². The van der Waals surface area contributed by atoms with Crippen molar-refractivity contribution in [3.8, 4) is 5.75 Å². The minimum absolute atomic E-state index is 0.0938. The summed E-state index contributed by atoms with van der Waals surface area (Å²) in [6, 6.07) is 16.7. The highest BCUT2D eigenvalue weighted by Gasteiger charge is 2.70. The zero-order chi connectivity index (χ0) is 34.4. The number of hydrogen-bond donors (Lipinski definition) is 2. The fraction of sp³-hybridized carbons (Fsp3) is 0.314. The van der Waals surface area contributed by atoms with Crippen molar-refractivity contribution >= 4 is 63.8 Å². The molecule has 8 nitrogen and oxygen atoms in total. The number of thioether (sulfide) groups is 1. The smallest absolute Gasteiger partial charge is 0.416 e. The lowest BCUT2D eigenvalue weighted by molar-refractivity contribution is -0.137. The number of H-pyrrole nitrogens is 1. The Morgan fingerprint density at radius 2 is 1.76 bits per heavy atom. The third-order valence-corrected chi connectivity index (χ3v) is 13.0. The molecule has 3 heterocycles. The normalized spacial score (nSPS) is 26.8. The minimum Gasteiger partial charge on any atom is -0.483 e. The second-order valence-corrected chi connectivity index (χ2v) is 15.5. The molecule has 2 saturated carbocycles. The van der Waals surface area contributed by atoms with Crippen LogP contribution >= 0.6 is 34.7 Å². The Kier molecular flexibility index (Phi) is 7.72. The lowest BCUT2D eigenvalue weighted by Crippen LogP contribution is -2.42. The van der Waals surface area contributed by atoms with Gasteiger partial charge < -0.3 is 15.0 Å². The number of aromatic amines is 1. The Morgan fingerprint density at radius 3 is 2.49 bits per heavy atom. The van der Waals surface area contributed by atoms with Crippen LogP contribution in [0.15, 0.2) is 76.6 Å². The molecule has 7 atom stereocenters. The van der Waals surface area contributed by atoms with Gasteiger partial charge in [-0.15, -0.1) is 11.8 Å². The highest BCUT2D eigenvalue weighted by atomic mass is 35.5. The number of carbonyl (C=O) groups excluding carboxylic acids is 3. The molecule has 2 N–H and O–H groups in total. The summed E-state index contributed by atoms with van der Waals surface area (Å²) < 4.78 is 46.8. The van der Waals surface area contributed by atoms with Gasteiger partial charge in [-0.05, 0) is 79.6 Å². The van der Waals surface area contributed by atoms with Gasteiger partial charge in [0.2, 0.25) is 11.8 Å². The van der Waals surface area contributed by atoms with Crippen LogP contribution in [-0.4, -0.2) is 34.6 Å². The number of alkyl halides is 3. The first-order valence-electron chi connectivity index (χ1n) is 15.6. The SMILES string of the molecule is Cc1ccc(NC(=O)COc2ccc(Cl)cc2[C@H]2c3sc(=O)[nH]c3SC3C2[C@H]2C[C@@H]3C3C(=O)N(c4cccc(C(F)(F)F)c4)C(=O)C32)cc1. The molecule has 0 radical (unpaired) electrons. The predicted octanol–water partition coefficient (Wildman–Crippen LogP) is 7.11. The Morgan fingerprint density at radius 1 is 1.02 bits per heavy atom. The largest absolute Gasteiger partial charge is 0.483 e. The number of imide groups is 1. The van der Waals surface area contributed by atoms with E-state index < -0.39 is 41.3 Å². The van der Waals surface area contributed by atoms with Crippen molar-refractivity contribution in [2.45, 2.75) is 35.7 Å². The van der Waals surface area contributed by atoms with E-state index >= 15 is 0 Å². The Bertz CT molecular complexity index is 2080. The van der Waals surface area contributed by atoms with Crippen molar-refractivity contribution in [1.82, 2.24) is 4.98 Å². The Labute approximate surface area is 291 Å². The maximum absolute atomic E-state index is 14.1. The molecular weight excluding hydrogens is 699 g/mol. The Balaban J connectivity index is 1.13. The molecule has 3 aromatic carbocycles. The summed E-state index contributed by atoms with van der Waals surface area (Å²) in [6.45, 7) is 1.64. The summed E-state index contributed by atoms with van der Waals surface area (Å²) >= 11 is 9.09. The summed E-state index contributed by atoms with van der Waals surface area (Å²) in [5.41, 5.74) is 1.29. The molecule has 0 spiro atoms.